The Morgan fingerprint density at radius 2 is 1.74 bits per heavy atom. The number of benzene rings is 1. The molecule has 0 spiro atoms. The van der Waals surface area contributed by atoms with E-state index in [1.807, 2.05) is 42.2 Å². The second-order valence-electron chi connectivity index (χ2n) is 6.29. The Morgan fingerprint density at radius 1 is 1.07 bits per heavy atom. The second-order valence-corrected chi connectivity index (χ2v) is 7.70. The number of piperazine rings is 1. The summed E-state index contributed by atoms with van der Waals surface area (Å²) >= 11 is 1.52. The zero-order valence-electron chi connectivity index (χ0n) is 14.8. The van der Waals surface area contributed by atoms with E-state index >= 15 is 0 Å². The summed E-state index contributed by atoms with van der Waals surface area (Å²) in [6.07, 6.45) is -3.53. The summed E-state index contributed by atoms with van der Waals surface area (Å²) in [6, 6.07) is 12.2. The Hall–Kier alpha value is -2.22. The van der Waals surface area contributed by atoms with E-state index in [-0.39, 0.29) is 11.2 Å². The molecule has 1 amide bonds. The maximum Gasteiger partial charge on any atom is 0.417 e. The first-order chi connectivity index (χ1) is 12.8. The first-order valence-corrected chi connectivity index (χ1v) is 9.51. The van der Waals surface area contributed by atoms with Gasteiger partial charge in [0, 0.05) is 37.3 Å². The van der Waals surface area contributed by atoms with Crippen molar-refractivity contribution in [2.45, 2.75) is 23.2 Å². The van der Waals surface area contributed by atoms with Gasteiger partial charge in [-0.1, -0.05) is 18.2 Å². The van der Waals surface area contributed by atoms with E-state index < -0.39 is 11.7 Å². The van der Waals surface area contributed by atoms with Gasteiger partial charge in [-0.2, -0.15) is 13.2 Å². The van der Waals surface area contributed by atoms with Crippen LogP contribution in [-0.4, -0.2) is 47.2 Å². The van der Waals surface area contributed by atoms with Crippen LogP contribution in [0.25, 0.3) is 0 Å². The number of carbonyl (C=O) groups is 1. The highest BCUT2D eigenvalue weighted by atomic mass is 32.2. The predicted octanol–water partition coefficient (Wildman–Crippen LogP) is 3.93. The van der Waals surface area contributed by atoms with Gasteiger partial charge >= 0.3 is 6.18 Å². The van der Waals surface area contributed by atoms with E-state index in [2.05, 4.69) is 4.98 Å². The van der Waals surface area contributed by atoms with Crippen LogP contribution in [0.5, 0.6) is 0 Å². The van der Waals surface area contributed by atoms with Crippen LogP contribution in [0.2, 0.25) is 0 Å². The number of amides is 1. The zero-order chi connectivity index (χ0) is 19.4. The van der Waals surface area contributed by atoms with Crippen LogP contribution in [0.15, 0.2) is 53.6 Å². The molecule has 1 fully saturated rings. The molecule has 27 heavy (non-hydrogen) atoms. The van der Waals surface area contributed by atoms with Gasteiger partial charge in [-0.25, -0.2) is 4.98 Å². The first kappa shape index (κ1) is 19.5. The third kappa shape index (κ3) is 4.94. The van der Waals surface area contributed by atoms with Gasteiger partial charge < -0.3 is 9.80 Å². The lowest BCUT2D eigenvalue weighted by Crippen LogP contribution is -2.50. The number of hydrogen-bond acceptors (Lipinski definition) is 4. The van der Waals surface area contributed by atoms with Gasteiger partial charge in [0.25, 0.3) is 0 Å². The normalized spacial score (nSPS) is 16.3. The lowest BCUT2D eigenvalue weighted by atomic mass is 10.2. The minimum Gasteiger partial charge on any atom is -0.353 e. The number of halogens is 3. The quantitative estimate of drug-likeness (QED) is 0.735. The highest BCUT2D eigenvalue weighted by Gasteiger charge is 2.31. The SMILES string of the molecule is CC(Sc1ccccc1)C(=O)N1CCN(c2ccc(C(F)(F)F)cn2)CC1. The van der Waals surface area contributed by atoms with Crippen molar-refractivity contribution in [1.82, 2.24) is 9.88 Å². The summed E-state index contributed by atoms with van der Waals surface area (Å²) in [5.41, 5.74) is -0.758. The summed E-state index contributed by atoms with van der Waals surface area (Å²) in [5, 5.41) is -0.192. The average Bonchev–Trinajstić information content (AvgIpc) is 2.68. The minimum absolute atomic E-state index is 0.0730. The molecule has 1 unspecified atom stereocenters. The van der Waals surface area contributed by atoms with Crippen molar-refractivity contribution in [1.29, 1.82) is 0 Å². The molecular weight excluding hydrogens is 375 g/mol. The molecular formula is C19H20F3N3OS. The molecule has 2 heterocycles. The van der Waals surface area contributed by atoms with Crippen LogP contribution in [0.1, 0.15) is 12.5 Å². The van der Waals surface area contributed by atoms with Gasteiger partial charge in [0.15, 0.2) is 0 Å². The number of aromatic nitrogens is 1. The van der Waals surface area contributed by atoms with Crippen LogP contribution in [0, 0.1) is 0 Å². The molecule has 8 heteroatoms. The van der Waals surface area contributed by atoms with E-state index in [0.717, 1.165) is 17.2 Å². The average molecular weight is 395 g/mol. The second kappa shape index (κ2) is 8.21. The fourth-order valence-electron chi connectivity index (χ4n) is 2.91. The Labute approximate surface area is 160 Å². The number of alkyl halides is 3. The van der Waals surface area contributed by atoms with Crippen LogP contribution in [-0.2, 0) is 11.0 Å². The Kier molecular flexibility index (Phi) is 5.94. The van der Waals surface area contributed by atoms with Crippen molar-refractivity contribution in [2.75, 3.05) is 31.1 Å². The van der Waals surface area contributed by atoms with Gasteiger partial charge in [-0.15, -0.1) is 11.8 Å². The van der Waals surface area contributed by atoms with Crippen molar-refractivity contribution in [3.05, 3.63) is 54.2 Å². The third-order valence-electron chi connectivity index (χ3n) is 4.39. The standard InChI is InChI=1S/C19H20F3N3OS/c1-14(27-16-5-3-2-4-6-16)18(26)25-11-9-24(10-12-25)17-8-7-15(13-23-17)19(20,21)22/h2-8,13-14H,9-12H2,1H3. The van der Waals surface area contributed by atoms with E-state index in [9.17, 15) is 18.0 Å². The van der Waals surface area contributed by atoms with E-state index in [0.29, 0.717) is 32.0 Å². The number of nitrogens with zero attached hydrogens (tertiary/aromatic N) is 3. The highest BCUT2D eigenvalue weighted by molar-refractivity contribution is 8.00. The molecule has 2 aromatic rings. The topological polar surface area (TPSA) is 36.4 Å². The number of rotatable bonds is 4. The Morgan fingerprint density at radius 3 is 2.30 bits per heavy atom. The maximum atomic E-state index is 12.6. The molecule has 1 aliphatic heterocycles. The molecule has 1 saturated heterocycles. The number of pyridine rings is 1. The van der Waals surface area contributed by atoms with Crippen molar-refractivity contribution in [3.8, 4) is 0 Å². The molecule has 0 saturated carbocycles. The molecule has 1 aromatic heterocycles. The molecule has 1 aliphatic rings. The number of anilines is 1. The molecule has 0 aliphatic carbocycles. The third-order valence-corrected chi connectivity index (χ3v) is 5.49. The fraction of sp³-hybridized carbons (Fsp3) is 0.368. The van der Waals surface area contributed by atoms with Gasteiger partial charge in [-0.05, 0) is 31.2 Å². The predicted molar refractivity (Wildman–Crippen MR) is 99.8 cm³/mol. The monoisotopic (exact) mass is 395 g/mol. The minimum atomic E-state index is -4.39. The largest absolute Gasteiger partial charge is 0.417 e. The fourth-order valence-corrected chi connectivity index (χ4v) is 3.88. The summed E-state index contributed by atoms with van der Waals surface area (Å²) in [7, 11) is 0. The van der Waals surface area contributed by atoms with Crippen molar-refractivity contribution in [3.63, 3.8) is 0 Å². The number of hydrogen-bond donors (Lipinski definition) is 0. The van der Waals surface area contributed by atoms with E-state index in [1.54, 1.807) is 4.90 Å². The summed E-state index contributed by atoms with van der Waals surface area (Å²) < 4.78 is 37.9. The molecule has 0 radical (unpaired) electrons. The molecule has 1 atom stereocenters. The van der Waals surface area contributed by atoms with Crippen LogP contribution >= 0.6 is 11.8 Å². The van der Waals surface area contributed by atoms with Gasteiger partial charge in [0.1, 0.15) is 5.82 Å². The lowest BCUT2D eigenvalue weighted by Gasteiger charge is -2.36. The summed E-state index contributed by atoms with van der Waals surface area (Å²) in [4.78, 5) is 21.3. The van der Waals surface area contributed by atoms with Gasteiger partial charge in [-0.3, -0.25) is 4.79 Å². The molecule has 0 bridgehead atoms. The van der Waals surface area contributed by atoms with Crippen molar-refractivity contribution in [2.24, 2.45) is 0 Å². The smallest absolute Gasteiger partial charge is 0.353 e. The van der Waals surface area contributed by atoms with Gasteiger partial charge in [0.2, 0.25) is 5.91 Å². The Bertz CT molecular complexity index is 760. The zero-order valence-corrected chi connectivity index (χ0v) is 15.6. The molecule has 4 nitrogen and oxygen atoms in total. The molecule has 3 rings (SSSR count). The first-order valence-electron chi connectivity index (χ1n) is 8.63. The van der Waals surface area contributed by atoms with Crippen molar-refractivity contribution >= 4 is 23.5 Å². The summed E-state index contributed by atoms with van der Waals surface area (Å²) in [6.45, 7) is 4.05. The molecule has 0 N–H and O–H groups in total. The van der Waals surface area contributed by atoms with Crippen LogP contribution in [0.3, 0.4) is 0 Å². The van der Waals surface area contributed by atoms with Gasteiger partial charge in [0.05, 0.1) is 10.8 Å². The number of carbonyl (C=O) groups excluding carboxylic acids is 1. The highest BCUT2D eigenvalue weighted by Crippen LogP contribution is 2.29. The summed E-state index contributed by atoms with van der Waals surface area (Å²) in [5.74, 6) is 0.575. The maximum absolute atomic E-state index is 12.6. The Balaban J connectivity index is 1.54. The van der Waals surface area contributed by atoms with E-state index in [4.69, 9.17) is 0 Å². The molecule has 1 aromatic carbocycles. The van der Waals surface area contributed by atoms with Crippen molar-refractivity contribution < 1.29 is 18.0 Å². The lowest BCUT2D eigenvalue weighted by molar-refractivity contribution is -0.137. The van der Waals surface area contributed by atoms with Crippen LogP contribution in [0.4, 0.5) is 19.0 Å². The molecule has 144 valence electrons. The van der Waals surface area contributed by atoms with E-state index in [1.165, 1.54) is 17.8 Å². The number of thioether (sulfide) groups is 1. The van der Waals surface area contributed by atoms with Crippen LogP contribution < -0.4 is 4.90 Å².